The van der Waals surface area contributed by atoms with Crippen LogP contribution in [0.4, 0.5) is 11.5 Å². The molecule has 29 heavy (non-hydrogen) atoms. The van der Waals surface area contributed by atoms with Gasteiger partial charge in [-0.3, -0.25) is 4.98 Å². The first kappa shape index (κ1) is 19.3. The molecule has 0 bridgehead atoms. The zero-order valence-electron chi connectivity index (χ0n) is 16.4. The summed E-state index contributed by atoms with van der Waals surface area (Å²) in [6.07, 6.45) is 4.09. The van der Waals surface area contributed by atoms with Crippen molar-refractivity contribution in [2.24, 2.45) is 0 Å². The fourth-order valence-corrected chi connectivity index (χ4v) is 3.91. The lowest BCUT2D eigenvalue weighted by atomic mass is 10.1. The number of anilines is 2. The zero-order chi connectivity index (χ0) is 20.2. The molecular weight excluding hydrogens is 382 g/mol. The predicted octanol–water partition coefficient (Wildman–Crippen LogP) is 4.64. The van der Waals surface area contributed by atoms with E-state index in [1.807, 2.05) is 62.8 Å². The minimum absolute atomic E-state index is 0.338. The molecule has 0 aliphatic heterocycles. The number of thiazole rings is 1. The maximum atomic E-state index is 9.73. The van der Waals surface area contributed by atoms with Gasteiger partial charge in [-0.2, -0.15) is 0 Å². The zero-order valence-corrected chi connectivity index (χ0v) is 17.2. The molecule has 3 N–H and O–H groups in total. The molecule has 0 aliphatic rings. The Hall–Kier alpha value is -3.03. The summed E-state index contributed by atoms with van der Waals surface area (Å²) < 4.78 is 1.09. The van der Waals surface area contributed by atoms with E-state index in [1.54, 1.807) is 11.3 Å². The number of fused-ring (bicyclic) bond motifs is 1. The molecule has 3 heterocycles. The summed E-state index contributed by atoms with van der Waals surface area (Å²) in [7, 11) is 1.85. The SMILES string of the molecule is CCC(O)CNc1ccc2nc(-c3ccc(-c4ccc(NC)nc4)cn3)sc2c1. The maximum Gasteiger partial charge on any atom is 0.143 e. The van der Waals surface area contributed by atoms with E-state index >= 15 is 0 Å². The molecule has 3 aromatic heterocycles. The van der Waals surface area contributed by atoms with Crippen molar-refractivity contribution in [3.05, 3.63) is 54.9 Å². The van der Waals surface area contributed by atoms with Crippen LogP contribution in [-0.2, 0) is 0 Å². The van der Waals surface area contributed by atoms with Crippen molar-refractivity contribution in [1.82, 2.24) is 15.0 Å². The Morgan fingerprint density at radius 3 is 2.48 bits per heavy atom. The molecule has 1 unspecified atom stereocenters. The van der Waals surface area contributed by atoms with Crippen LogP contribution in [0.15, 0.2) is 54.9 Å². The van der Waals surface area contributed by atoms with Gasteiger partial charge in [-0.25, -0.2) is 9.97 Å². The largest absolute Gasteiger partial charge is 0.391 e. The second kappa shape index (κ2) is 8.55. The Kier molecular flexibility index (Phi) is 5.69. The van der Waals surface area contributed by atoms with Crippen LogP contribution in [0.1, 0.15) is 13.3 Å². The lowest BCUT2D eigenvalue weighted by Gasteiger charge is -2.10. The van der Waals surface area contributed by atoms with E-state index < -0.39 is 0 Å². The number of aliphatic hydroxyl groups excluding tert-OH is 1. The monoisotopic (exact) mass is 405 g/mol. The molecule has 0 saturated carbocycles. The molecule has 0 saturated heterocycles. The first-order valence-electron chi connectivity index (χ1n) is 9.59. The second-order valence-electron chi connectivity index (χ2n) is 6.76. The topological polar surface area (TPSA) is 83.0 Å². The standard InChI is InChI=1S/C22H23N5OS/c1-3-17(28)13-24-16-6-8-18-20(10-16)29-22(27-18)19-7-4-14(11-25-19)15-5-9-21(23-2)26-12-15/h4-12,17,24,28H,3,13H2,1-2H3,(H,23,26). The minimum atomic E-state index is -0.338. The number of hydrogen-bond donors (Lipinski definition) is 3. The van der Waals surface area contributed by atoms with Crippen LogP contribution in [0.5, 0.6) is 0 Å². The normalized spacial score (nSPS) is 12.1. The summed E-state index contributed by atoms with van der Waals surface area (Å²) in [6, 6.07) is 14.1. The van der Waals surface area contributed by atoms with Crippen molar-refractivity contribution in [2.75, 3.05) is 24.2 Å². The van der Waals surface area contributed by atoms with Crippen molar-refractivity contribution in [1.29, 1.82) is 0 Å². The minimum Gasteiger partial charge on any atom is -0.391 e. The summed E-state index contributed by atoms with van der Waals surface area (Å²) in [5, 5.41) is 16.9. The van der Waals surface area contributed by atoms with E-state index in [2.05, 4.69) is 26.7 Å². The third-order valence-electron chi connectivity index (χ3n) is 4.74. The van der Waals surface area contributed by atoms with Gasteiger partial charge in [0.05, 0.1) is 22.0 Å². The summed E-state index contributed by atoms with van der Waals surface area (Å²) in [5.74, 6) is 0.839. The third-order valence-corrected chi connectivity index (χ3v) is 5.78. The first-order chi connectivity index (χ1) is 14.2. The van der Waals surface area contributed by atoms with Gasteiger partial charge in [0.2, 0.25) is 0 Å². The molecule has 1 aromatic carbocycles. The highest BCUT2D eigenvalue weighted by atomic mass is 32.1. The maximum absolute atomic E-state index is 9.73. The number of benzene rings is 1. The number of aromatic nitrogens is 3. The molecule has 0 aliphatic carbocycles. The van der Waals surface area contributed by atoms with Crippen LogP contribution in [0, 0.1) is 0 Å². The van der Waals surface area contributed by atoms with Crippen molar-refractivity contribution in [3.63, 3.8) is 0 Å². The van der Waals surface area contributed by atoms with Gasteiger partial charge in [0, 0.05) is 42.8 Å². The number of nitrogens with one attached hydrogen (secondary N) is 2. The van der Waals surface area contributed by atoms with E-state index in [4.69, 9.17) is 4.98 Å². The molecule has 6 nitrogen and oxygen atoms in total. The summed E-state index contributed by atoms with van der Waals surface area (Å²) in [4.78, 5) is 13.7. The van der Waals surface area contributed by atoms with E-state index in [9.17, 15) is 5.11 Å². The van der Waals surface area contributed by atoms with Crippen LogP contribution >= 0.6 is 11.3 Å². The Balaban J connectivity index is 1.54. The highest BCUT2D eigenvalue weighted by Gasteiger charge is 2.09. The van der Waals surface area contributed by atoms with E-state index in [-0.39, 0.29) is 6.10 Å². The second-order valence-corrected chi connectivity index (χ2v) is 7.79. The van der Waals surface area contributed by atoms with Crippen LogP contribution in [-0.4, -0.2) is 39.8 Å². The molecule has 1 atom stereocenters. The van der Waals surface area contributed by atoms with Gasteiger partial charge < -0.3 is 15.7 Å². The van der Waals surface area contributed by atoms with Gasteiger partial charge in [0.1, 0.15) is 10.8 Å². The highest BCUT2D eigenvalue weighted by Crippen LogP contribution is 2.31. The molecule has 0 fully saturated rings. The Bertz CT molecular complexity index is 1090. The van der Waals surface area contributed by atoms with E-state index in [0.717, 1.165) is 50.0 Å². The Labute approximate surface area is 173 Å². The number of aliphatic hydroxyl groups is 1. The average molecular weight is 406 g/mol. The molecule has 0 amide bonds. The molecule has 0 radical (unpaired) electrons. The fraction of sp³-hybridized carbons (Fsp3) is 0.227. The van der Waals surface area contributed by atoms with Gasteiger partial charge >= 0.3 is 0 Å². The predicted molar refractivity (Wildman–Crippen MR) is 120 cm³/mol. The molecule has 7 heteroatoms. The van der Waals surface area contributed by atoms with E-state index in [0.29, 0.717) is 6.54 Å². The van der Waals surface area contributed by atoms with Crippen molar-refractivity contribution in [3.8, 4) is 21.8 Å². The van der Waals surface area contributed by atoms with Crippen molar-refractivity contribution >= 4 is 33.1 Å². The lowest BCUT2D eigenvalue weighted by Crippen LogP contribution is -2.17. The third kappa shape index (κ3) is 4.36. The Morgan fingerprint density at radius 2 is 1.83 bits per heavy atom. The van der Waals surface area contributed by atoms with Crippen LogP contribution in [0.25, 0.3) is 32.0 Å². The number of rotatable bonds is 7. The molecular formula is C22H23N5OS. The van der Waals surface area contributed by atoms with Gasteiger partial charge in [-0.05, 0) is 42.8 Å². The number of pyridine rings is 2. The summed E-state index contributed by atoms with van der Waals surface area (Å²) >= 11 is 1.61. The average Bonchev–Trinajstić information content (AvgIpc) is 3.21. The summed E-state index contributed by atoms with van der Waals surface area (Å²) in [5.41, 5.74) is 4.83. The van der Waals surface area contributed by atoms with Gasteiger partial charge in [-0.1, -0.05) is 13.0 Å². The number of nitrogens with zero attached hydrogens (tertiary/aromatic N) is 3. The quantitative estimate of drug-likeness (QED) is 0.415. The Morgan fingerprint density at radius 1 is 1.03 bits per heavy atom. The van der Waals surface area contributed by atoms with Crippen LogP contribution < -0.4 is 10.6 Å². The van der Waals surface area contributed by atoms with Gasteiger partial charge in [0.15, 0.2) is 0 Å². The van der Waals surface area contributed by atoms with Crippen molar-refractivity contribution < 1.29 is 5.11 Å². The highest BCUT2D eigenvalue weighted by molar-refractivity contribution is 7.21. The summed E-state index contributed by atoms with van der Waals surface area (Å²) in [6.45, 7) is 2.51. The van der Waals surface area contributed by atoms with Crippen molar-refractivity contribution in [2.45, 2.75) is 19.4 Å². The smallest absolute Gasteiger partial charge is 0.143 e. The molecule has 148 valence electrons. The van der Waals surface area contributed by atoms with Crippen LogP contribution in [0.3, 0.4) is 0 Å². The molecule has 0 spiro atoms. The first-order valence-corrected chi connectivity index (χ1v) is 10.4. The molecule has 4 rings (SSSR count). The lowest BCUT2D eigenvalue weighted by molar-refractivity contribution is 0.183. The van der Waals surface area contributed by atoms with Gasteiger partial charge in [0.25, 0.3) is 0 Å². The molecule has 4 aromatic rings. The van der Waals surface area contributed by atoms with E-state index in [1.165, 1.54) is 0 Å². The van der Waals surface area contributed by atoms with Crippen LogP contribution in [0.2, 0.25) is 0 Å². The number of hydrogen-bond acceptors (Lipinski definition) is 7. The fourth-order valence-electron chi connectivity index (χ4n) is 2.93. The van der Waals surface area contributed by atoms with Gasteiger partial charge in [-0.15, -0.1) is 11.3 Å².